The largest absolute Gasteiger partial charge is 0.390 e. The number of nitriles is 1. The molecular formula is C14H17FN2O3. The molecule has 1 rings (SSSR count). The summed E-state index contributed by atoms with van der Waals surface area (Å²) in [4.78, 5) is 10.7. The number of halogens is 1. The SMILES string of the molecule is CC(=O)NCCC(O)C(O)c1ccc(CC#N)cc1F. The van der Waals surface area contributed by atoms with Gasteiger partial charge < -0.3 is 15.5 Å². The Morgan fingerprint density at radius 1 is 1.50 bits per heavy atom. The van der Waals surface area contributed by atoms with Gasteiger partial charge in [0.1, 0.15) is 11.9 Å². The molecule has 2 unspecified atom stereocenters. The Bertz CT molecular complexity index is 514. The van der Waals surface area contributed by atoms with E-state index in [2.05, 4.69) is 5.32 Å². The van der Waals surface area contributed by atoms with E-state index in [1.165, 1.54) is 25.1 Å². The van der Waals surface area contributed by atoms with E-state index < -0.39 is 18.0 Å². The zero-order valence-electron chi connectivity index (χ0n) is 11.1. The molecule has 0 radical (unpaired) electrons. The van der Waals surface area contributed by atoms with E-state index in [0.29, 0.717) is 5.56 Å². The number of carbonyl (C=O) groups is 1. The first kappa shape index (κ1) is 16.1. The first-order valence-corrected chi connectivity index (χ1v) is 6.21. The van der Waals surface area contributed by atoms with Crippen molar-refractivity contribution >= 4 is 5.91 Å². The summed E-state index contributed by atoms with van der Waals surface area (Å²) < 4.78 is 13.8. The second-order valence-corrected chi connectivity index (χ2v) is 4.47. The summed E-state index contributed by atoms with van der Waals surface area (Å²) >= 11 is 0. The third kappa shape index (κ3) is 4.61. The normalized spacial score (nSPS) is 13.3. The number of carbonyl (C=O) groups excluding carboxylic acids is 1. The minimum absolute atomic E-state index is 0.0259. The minimum atomic E-state index is -1.38. The van der Waals surface area contributed by atoms with Crippen LogP contribution in [0.3, 0.4) is 0 Å². The summed E-state index contributed by atoms with van der Waals surface area (Å²) in [5, 5.41) is 30.7. The van der Waals surface area contributed by atoms with Crippen LogP contribution in [0.4, 0.5) is 4.39 Å². The van der Waals surface area contributed by atoms with E-state index in [4.69, 9.17) is 5.26 Å². The van der Waals surface area contributed by atoms with Crippen LogP contribution in [-0.4, -0.2) is 28.8 Å². The molecule has 0 aliphatic heterocycles. The molecule has 108 valence electrons. The molecular weight excluding hydrogens is 263 g/mol. The van der Waals surface area contributed by atoms with Gasteiger partial charge in [-0.1, -0.05) is 12.1 Å². The summed E-state index contributed by atoms with van der Waals surface area (Å²) in [5.74, 6) is -0.900. The smallest absolute Gasteiger partial charge is 0.216 e. The van der Waals surface area contributed by atoms with Crippen LogP contribution in [0.1, 0.15) is 30.6 Å². The zero-order chi connectivity index (χ0) is 15.1. The van der Waals surface area contributed by atoms with Crippen LogP contribution >= 0.6 is 0 Å². The van der Waals surface area contributed by atoms with Gasteiger partial charge in [-0.15, -0.1) is 0 Å². The minimum Gasteiger partial charge on any atom is -0.390 e. The second-order valence-electron chi connectivity index (χ2n) is 4.47. The lowest BCUT2D eigenvalue weighted by atomic mass is 9.99. The van der Waals surface area contributed by atoms with Crippen LogP contribution in [0.5, 0.6) is 0 Å². The third-order valence-electron chi connectivity index (χ3n) is 2.85. The summed E-state index contributed by atoms with van der Waals surface area (Å²) in [5.41, 5.74) is 0.482. The van der Waals surface area contributed by atoms with E-state index in [9.17, 15) is 19.4 Å². The third-order valence-corrected chi connectivity index (χ3v) is 2.85. The summed E-state index contributed by atoms with van der Waals surface area (Å²) in [7, 11) is 0. The number of nitrogens with zero attached hydrogens (tertiary/aromatic N) is 1. The second kappa shape index (κ2) is 7.58. The van der Waals surface area contributed by atoms with Gasteiger partial charge in [-0.2, -0.15) is 5.26 Å². The lowest BCUT2D eigenvalue weighted by Gasteiger charge is -2.19. The van der Waals surface area contributed by atoms with Crippen molar-refractivity contribution in [3.8, 4) is 6.07 Å². The van der Waals surface area contributed by atoms with E-state index >= 15 is 0 Å². The molecule has 0 saturated heterocycles. The highest BCUT2D eigenvalue weighted by molar-refractivity contribution is 5.72. The fourth-order valence-corrected chi connectivity index (χ4v) is 1.77. The Morgan fingerprint density at radius 3 is 2.75 bits per heavy atom. The number of hydrogen-bond acceptors (Lipinski definition) is 4. The molecule has 0 spiro atoms. The maximum Gasteiger partial charge on any atom is 0.216 e. The Labute approximate surface area is 116 Å². The lowest BCUT2D eigenvalue weighted by molar-refractivity contribution is -0.119. The number of aliphatic hydroxyl groups is 2. The van der Waals surface area contributed by atoms with Gasteiger partial charge in [0.25, 0.3) is 0 Å². The number of rotatable bonds is 6. The molecule has 1 amide bonds. The molecule has 5 nitrogen and oxygen atoms in total. The monoisotopic (exact) mass is 280 g/mol. The number of nitrogens with one attached hydrogen (secondary N) is 1. The van der Waals surface area contributed by atoms with E-state index in [1.807, 2.05) is 6.07 Å². The summed E-state index contributed by atoms with van der Waals surface area (Å²) in [6, 6.07) is 5.96. The van der Waals surface area contributed by atoms with Crippen molar-refractivity contribution in [3.63, 3.8) is 0 Å². The van der Waals surface area contributed by atoms with Crippen LogP contribution in [-0.2, 0) is 11.2 Å². The molecule has 6 heteroatoms. The van der Waals surface area contributed by atoms with E-state index in [0.717, 1.165) is 0 Å². The molecule has 0 aliphatic rings. The van der Waals surface area contributed by atoms with Gasteiger partial charge in [0.15, 0.2) is 0 Å². The number of benzene rings is 1. The molecule has 0 saturated carbocycles. The van der Waals surface area contributed by atoms with Gasteiger partial charge in [-0.05, 0) is 18.1 Å². The number of aliphatic hydroxyl groups excluding tert-OH is 2. The Balaban J connectivity index is 2.69. The lowest BCUT2D eigenvalue weighted by Crippen LogP contribution is -2.28. The van der Waals surface area contributed by atoms with Gasteiger partial charge in [0, 0.05) is 19.0 Å². The van der Waals surface area contributed by atoms with Gasteiger partial charge in [0.2, 0.25) is 5.91 Å². The van der Waals surface area contributed by atoms with Crippen molar-refractivity contribution in [1.82, 2.24) is 5.32 Å². The molecule has 0 bridgehead atoms. The van der Waals surface area contributed by atoms with Crippen molar-refractivity contribution in [3.05, 3.63) is 35.1 Å². The average molecular weight is 280 g/mol. The highest BCUT2D eigenvalue weighted by atomic mass is 19.1. The van der Waals surface area contributed by atoms with Crippen LogP contribution in [0.2, 0.25) is 0 Å². The summed E-state index contributed by atoms with van der Waals surface area (Å²) in [6.45, 7) is 1.54. The van der Waals surface area contributed by atoms with E-state index in [1.54, 1.807) is 0 Å². The molecule has 3 N–H and O–H groups in total. The zero-order valence-corrected chi connectivity index (χ0v) is 11.1. The summed E-state index contributed by atoms with van der Waals surface area (Å²) in [6.07, 6.45) is -2.36. The highest BCUT2D eigenvalue weighted by Crippen LogP contribution is 2.22. The highest BCUT2D eigenvalue weighted by Gasteiger charge is 2.21. The van der Waals surface area contributed by atoms with Crippen LogP contribution in [0.15, 0.2) is 18.2 Å². The Hall–Kier alpha value is -1.97. The fraction of sp³-hybridized carbons (Fsp3) is 0.429. The first-order valence-electron chi connectivity index (χ1n) is 6.21. The molecule has 0 aromatic heterocycles. The predicted molar refractivity (Wildman–Crippen MR) is 70.0 cm³/mol. The number of hydrogen-bond donors (Lipinski definition) is 3. The quantitative estimate of drug-likeness (QED) is 0.719. The van der Waals surface area contributed by atoms with Crippen molar-refractivity contribution < 1.29 is 19.4 Å². The number of amides is 1. The molecule has 0 fully saturated rings. The van der Waals surface area contributed by atoms with Gasteiger partial charge in [-0.25, -0.2) is 4.39 Å². The van der Waals surface area contributed by atoms with Crippen LogP contribution in [0, 0.1) is 17.1 Å². The van der Waals surface area contributed by atoms with Crippen LogP contribution < -0.4 is 5.32 Å². The maximum atomic E-state index is 13.8. The van der Waals surface area contributed by atoms with Crippen molar-refractivity contribution in [2.75, 3.05) is 6.54 Å². The predicted octanol–water partition coefficient (Wildman–Crippen LogP) is 0.812. The van der Waals surface area contributed by atoms with E-state index in [-0.39, 0.29) is 30.9 Å². The molecule has 2 atom stereocenters. The topological polar surface area (TPSA) is 93.3 Å². The maximum absolute atomic E-state index is 13.8. The van der Waals surface area contributed by atoms with Crippen molar-refractivity contribution in [2.45, 2.75) is 32.0 Å². The van der Waals surface area contributed by atoms with Gasteiger partial charge in [0.05, 0.1) is 18.6 Å². The fourth-order valence-electron chi connectivity index (χ4n) is 1.77. The van der Waals surface area contributed by atoms with Crippen molar-refractivity contribution in [1.29, 1.82) is 5.26 Å². The standard InChI is InChI=1S/C14H17FN2O3/c1-9(18)17-7-5-13(19)14(20)11-3-2-10(4-6-16)8-12(11)15/h2-3,8,13-14,19-20H,4-5,7H2,1H3,(H,17,18). The Morgan fingerprint density at radius 2 is 2.20 bits per heavy atom. The average Bonchev–Trinajstić information content (AvgIpc) is 2.38. The van der Waals surface area contributed by atoms with Crippen LogP contribution in [0.25, 0.3) is 0 Å². The Kier molecular flexibility index (Phi) is 6.10. The molecule has 0 aliphatic carbocycles. The molecule has 20 heavy (non-hydrogen) atoms. The molecule has 0 heterocycles. The molecule has 1 aromatic carbocycles. The van der Waals surface area contributed by atoms with Gasteiger partial charge >= 0.3 is 0 Å². The van der Waals surface area contributed by atoms with Gasteiger partial charge in [-0.3, -0.25) is 4.79 Å². The van der Waals surface area contributed by atoms with Crippen molar-refractivity contribution in [2.24, 2.45) is 0 Å². The molecule has 1 aromatic rings. The first-order chi connectivity index (χ1) is 9.45.